The maximum atomic E-state index is 4.11. The molecule has 0 saturated heterocycles. The molecule has 2 heterocycles. The van der Waals surface area contributed by atoms with Crippen LogP contribution in [0.3, 0.4) is 0 Å². The summed E-state index contributed by atoms with van der Waals surface area (Å²) in [6, 6.07) is 4.84. The average molecular weight is 173 g/mol. The van der Waals surface area contributed by atoms with Crippen LogP contribution >= 0.6 is 0 Å². The third-order valence-corrected chi connectivity index (χ3v) is 2.39. The number of rotatable bonds is 2. The van der Waals surface area contributed by atoms with Crippen molar-refractivity contribution in [1.82, 2.24) is 9.38 Å². The fourth-order valence-electron chi connectivity index (χ4n) is 1.52. The lowest BCUT2D eigenvalue weighted by molar-refractivity contribution is 1.12. The van der Waals surface area contributed by atoms with Crippen molar-refractivity contribution < 1.29 is 0 Å². The summed E-state index contributed by atoms with van der Waals surface area (Å²) < 4.78 is 2.03. The molecule has 0 radical (unpaired) electrons. The van der Waals surface area contributed by atoms with Gasteiger partial charge in [-0.1, -0.05) is 0 Å². The van der Waals surface area contributed by atoms with Crippen molar-refractivity contribution in [1.29, 1.82) is 0 Å². The fraction of sp³-hybridized carbons (Fsp3) is 0.300. The van der Waals surface area contributed by atoms with Gasteiger partial charge in [0, 0.05) is 12.2 Å². The molecule has 3 rings (SSSR count). The SMILES string of the molecule is c1cc(NC2CC2)c2cncn2c1. The molecular formula is C10H11N3. The van der Waals surface area contributed by atoms with E-state index in [1.807, 2.05) is 29.2 Å². The highest BCUT2D eigenvalue weighted by Crippen LogP contribution is 2.26. The van der Waals surface area contributed by atoms with Gasteiger partial charge in [0.1, 0.15) is 0 Å². The maximum absolute atomic E-state index is 4.11. The van der Waals surface area contributed by atoms with Crippen LogP contribution in [0.4, 0.5) is 5.69 Å². The largest absolute Gasteiger partial charge is 0.381 e. The lowest BCUT2D eigenvalue weighted by atomic mass is 10.3. The van der Waals surface area contributed by atoms with Crippen molar-refractivity contribution in [3.8, 4) is 0 Å². The van der Waals surface area contributed by atoms with Gasteiger partial charge in [-0.25, -0.2) is 4.98 Å². The van der Waals surface area contributed by atoms with Gasteiger partial charge in [0.15, 0.2) is 0 Å². The van der Waals surface area contributed by atoms with E-state index in [0.717, 1.165) is 5.52 Å². The molecule has 3 nitrogen and oxygen atoms in total. The van der Waals surface area contributed by atoms with E-state index in [4.69, 9.17) is 0 Å². The predicted octanol–water partition coefficient (Wildman–Crippen LogP) is 1.91. The first-order valence-electron chi connectivity index (χ1n) is 4.61. The molecule has 0 unspecified atom stereocenters. The minimum Gasteiger partial charge on any atom is -0.381 e. The van der Waals surface area contributed by atoms with Crippen LogP contribution in [0.1, 0.15) is 12.8 Å². The van der Waals surface area contributed by atoms with Gasteiger partial charge in [-0.3, -0.25) is 0 Å². The third-order valence-electron chi connectivity index (χ3n) is 2.39. The van der Waals surface area contributed by atoms with Crippen molar-refractivity contribution in [2.24, 2.45) is 0 Å². The second-order valence-corrected chi connectivity index (χ2v) is 3.53. The summed E-state index contributed by atoms with van der Waals surface area (Å²) >= 11 is 0. The van der Waals surface area contributed by atoms with E-state index < -0.39 is 0 Å². The standard InChI is InChI=1S/C10H11N3/c1-2-9(12-8-3-4-8)10-6-11-7-13(10)5-1/h1-2,5-8,12H,3-4H2. The Bertz CT molecular complexity index is 428. The smallest absolute Gasteiger partial charge is 0.0992 e. The van der Waals surface area contributed by atoms with Gasteiger partial charge < -0.3 is 9.72 Å². The Labute approximate surface area is 76.4 Å². The topological polar surface area (TPSA) is 29.3 Å². The third kappa shape index (κ3) is 1.16. The van der Waals surface area contributed by atoms with E-state index in [2.05, 4.69) is 16.4 Å². The summed E-state index contributed by atoms with van der Waals surface area (Å²) in [6.45, 7) is 0. The monoisotopic (exact) mass is 173 g/mol. The molecule has 0 atom stereocenters. The Morgan fingerprint density at radius 2 is 2.38 bits per heavy atom. The zero-order valence-corrected chi connectivity index (χ0v) is 7.27. The Morgan fingerprint density at radius 3 is 3.23 bits per heavy atom. The number of pyridine rings is 1. The zero-order chi connectivity index (χ0) is 8.67. The van der Waals surface area contributed by atoms with Gasteiger partial charge in [0.25, 0.3) is 0 Å². The van der Waals surface area contributed by atoms with E-state index in [9.17, 15) is 0 Å². The molecule has 66 valence electrons. The van der Waals surface area contributed by atoms with Gasteiger partial charge in [0.05, 0.1) is 23.7 Å². The van der Waals surface area contributed by atoms with Gasteiger partial charge in [-0.15, -0.1) is 0 Å². The second-order valence-electron chi connectivity index (χ2n) is 3.53. The number of nitrogens with zero attached hydrogens (tertiary/aromatic N) is 2. The van der Waals surface area contributed by atoms with Gasteiger partial charge in [-0.05, 0) is 25.0 Å². The predicted molar refractivity (Wildman–Crippen MR) is 51.8 cm³/mol. The van der Waals surface area contributed by atoms with Crippen LogP contribution < -0.4 is 5.32 Å². The number of imidazole rings is 1. The number of anilines is 1. The Hall–Kier alpha value is -1.51. The van der Waals surface area contributed by atoms with Gasteiger partial charge in [0.2, 0.25) is 0 Å². The number of hydrogen-bond donors (Lipinski definition) is 1. The van der Waals surface area contributed by atoms with Crippen LogP contribution in [-0.4, -0.2) is 15.4 Å². The van der Waals surface area contributed by atoms with Crippen molar-refractivity contribution >= 4 is 11.2 Å². The first-order valence-corrected chi connectivity index (χ1v) is 4.61. The van der Waals surface area contributed by atoms with Crippen molar-refractivity contribution in [3.63, 3.8) is 0 Å². The first kappa shape index (κ1) is 6.95. The van der Waals surface area contributed by atoms with E-state index in [-0.39, 0.29) is 0 Å². The molecule has 2 aromatic heterocycles. The molecular weight excluding hydrogens is 162 g/mol. The maximum Gasteiger partial charge on any atom is 0.0992 e. The number of hydrogen-bond acceptors (Lipinski definition) is 2. The Kier molecular flexibility index (Phi) is 1.33. The highest BCUT2D eigenvalue weighted by Gasteiger charge is 2.21. The summed E-state index contributed by atoms with van der Waals surface area (Å²) in [7, 11) is 0. The van der Waals surface area contributed by atoms with Crippen LogP contribution in [0.15, 0.2) is 30.9 Å². The first-order chi connectivity index (χ1) is 6.43. The van der Waals surface area contributed by atoms with E-state index >= 15 is 0 Å². The Morgan fingerprint density at radius 1 is 1.46 bits per heavy atom. The molecule has 13 heavy (non-hydrogen) atoms. The molecule has 1 saturated carbocycles. The number of fused-ring (bicyclic) bond motifs is 1. The van der Waals surface area contributed by atoms with E-state index in [1.54, 1.807) is 0 Å². The summed E-state index contributed by atoms with van der Waals surface area (Å²) in [6.07, 6.45) is 8.34. The van der Waals surface area contributed by atoms with Crippen LogP contribution in [0.25, 0.3) is 5.52 Å². The quantitative estimate of drug-likeness (QED) is 0.751. The average Bonchev–Trinajstić information content (AvgIpc) is 2.83. The minimum atomic E-state index is 0.695. The molecule has 0 aromatic carbocycles. The van der Waals surface area contributed by atoms with E-state index in [0.29, 0.717) is 6.04 Å². The summed E-state index contributed by atoms with van der Waals surface area (Å²) in [4.78, 5) is 4.11. The highest BCUT2D eigenvalue weighted by atomic mass is 15.0. The number of aromatic nitrogens is 2. The van der Waals surface area contributed by atoms with Crippen LogP contribution in [0.5, 0.6) is 0 Å². The van der Waals surface area contributed by atoms with Crippen LogP contribution in [0, 0.1) is 0 Å². The summed E-state index contributed by atoms with van der Waals surface area (Å²) in [5.74, 6) is 0. The Balaban J connectivity index is 2.09. The fourth-order valence-corrected chi connectivity index (χ4v) is 1.52. The molecule has 1 fully saturated rings. The molecule has 3 heteroatoms. The summed E-state index contributed by atoms with van der Waals surface area (Å²) in [5.41, 5.74) is 2.36. The highest BCUT2D eigenvalue weighted by molar-refractivity contribution is 5.71. The van der Waals surface area contributed by atoms with Crippen LogP contribution in [0.2, 0.25) is 0 Å². The molecule has 0 bridgehead atoms. The molecule has 0 amide bonds. The number of nitrogens with one attached hydrogen (secondary N) is 1. The minimum absolute atomic E-state index is 0.695. The lowest BCUT2D eigenvalue weighted by Crippen LogP contribution is -2.01. The van der Waals surface area contributed by atoms with Gasteiger partial charge in [-0.2, -0.15) is 0 Å². The van der Waals surface area contributed by atoms with Crippen molar-refractivity contribution in [2.45, 2.75) is 18.9 Å². The molecule has 0 spiro atoms. The molecule has 1 N–H and O–H groups in total. The lowest BCUT2D eigenvalue weighted by Gasteiger charge is -2.05. The second kappa shape index (κ2) is 2.49. The molecule has 0 aliphatic heterocycles. The van der Waals surface area contributed by atoms with Crippen LogP contribution in [-0.2, 0) is 0 Å². The zero-order valence-electron chi connectivity index (χ0n) is 7.27. The van der Waals surface area contributed by atoms with Gasteiger partial charge >= 0.3 is 0 Å². The normalized spacial score (nSPS) is 16.3. The van der Waals surface area contributed by atoms with Crippen molar-refractivity contribution in [2.75, 3.05) is 5.32 Å². The molecule has 2 aromatic rings. The summed E-state index contributed by atoms with van der Waals surface area (Å²) in [5, 5.41) is 3.48. The molecule has 1 aliphatic carbocycles. The molecule has 1 aliphatic rings. The van der Waals surface area contributed by atoms with Crippen molar-refractivity contribution in [3.05, 3.63) is 30.9 Å². The van der Waals surface area contributed by atoms with E-state index in [1.165, 1.54) is 18.5 Å².